The summed E-state index contributed by atoms with van der Waals surface area (Å²) in [7, 11) is 0. The van der Waals surface area contributed by atoms with Crippen LogP contribution in [-0.4, -0.2) is 23.0 Å². The second kappa shape index (κ2) is 7.84. The van der Waals surface area contributed by atoms with Crippen LogP contribution in [0.5, 0.6) is 0 Å². The van der Waals surface area contributed by atoms with Crippen LogP contribution in [0.1, 0.15) is 29.8 Å². The third-order valence-electron chi connectivity index (χ3n) is 3.02. The van der Waals surface area contributed by atoms with E-state index in [-0.39, 0.29) is 17.7 Å². The molecule has 0 aliphatic carbocycles. The van der Waals surface area contributed by atoms with Crippen molar-refractivity contribution < 1.29 is 9.59 Å². The summed E-state index contributed by atoms with van der Waals surface area (Å²) in [5, 5.41) is 6.66. The minimum atomic E-state index is -0.322. The van der Waals surface area contributed by atoms with E-state index in [4.69, 9.17) is 0 Å². The topological polar surface area (TPSA) is 83.5 Å². The number of hydrazone groups is 1. The number of carbonyl (C=O) groups excluding carboxylic acids is 2. The van der Waals surface area contributed by atoms with E-state index in [9.17, 15) is 9.59 Å². The van der Waals surface area contributed by atoms with Crippen LogP contribution in [0.4, 0.5) is 5.69 Å². The Hall–Kier alpha value is -3.02. The maximum absolute atomic E-state index is 12.0. The number of pyridine rings is 1. The number of benzene rings is 1. The monoisotopic (exact) mass is 310 g/mol. The van der Waals surface area contributed by atoms with Crippen LogP contribution < -0.4 is 10.7 Å². The lowest BCUT2D eigenvalue weighted by molar-refractivity contribution is -0.118. The second-order valence-corrected chi connectivity index (χ2v) is 5.20. The lowest BCUT2D eigenvalue weighted by Crippen LogP contribution is -2.19. The maximum Gasteiger partial charge on any atom is 0.271 e. The molecule has 1 aromatic carbocycles. The molecule has 6 nitrogen and oxygen atoms in total. The van der Waals surface area contributed by atoms with Gasteiger partial charge in [-0.25, -0.2) is 5.43 Å². The predicted octanol–water partition coefficient (Wildman–Crippen LogP) is 2.44. The van der Waals surface area contributed by atoms with Crippen LogP contribution >= 0.6 is 0 Å². The molecule has 6 heteroatoms. The summed E-state index contributed by atoms with van der Waals surface area (Å²) in [4.78, 5) is 27.4. The third-order valence-corrected chi connectivity index (χ3v) is 3.02. The SMILES string of the molecule is CC(C)C(=O)Nc1ccc(C(=O)N/N=C/c2ccncc2)cc1. The van der Waals surface area contributed by atoms with E-state index in [1.54, 1.807) is 48.8 Å². The van der Waals surface area contributed by atoms with Crippen LogP contribution in [0.2, 0.25) is 0 Å². The molecular formula is C17H18N4O2. The normalized spacial score (nSPS) is 10.7. The summed E-state index contributed by atoms with van der Waals surface area (Å²) in [5.41, 5.74) is 4.40. The molecule has 0 bridgehead atoms. The molecule has 0 aliphatic rings. The summed E-state index contributed by atoms with van der Waals surface area (Å²) in [6.07, 6.45) is 4.83. The molecule has 0 atom stereocenters. The van der Waals surface area contributed by atoms with Crippen molar-refractivity contribution in [1.82, 2.24) is 10.4 Å². The van der Waals surface area contributed by atoms with Gasteiger partial charge in [-0.3, -0.25) is 14.6 Å². The summed E-state index contributed by atoms with van der Waals surface area (Å²) in [6, 6.07) is 10.2. The number of anilines is 1. The van der Waals surface area contributed by atoms with E-state index in [1.165, 1.54) is 6.21 Å². The van der Waals surface area contributed by atoms with Gasteiger partial charge in [0.25, 0.3) is 5.91 Å². The van der Waals surface area contributed by atoms with Gasteiger partial charge in [-0.1, -0.05) is 13.8 Å². The van der Waals surface area contributed by atoms with E-state index >= 15 is 0 Å². The first-order valence-corrected chi connectivity index (χ1v) is 7.20. The average Bonchev–Trinajstić information content (AvgIpc) is 2.56. The highest BCUT2D eigenvalue weighted by Gasteiger charge is 2.08. The fourth-order valence-electron chi connectivity index (χ4n) is 1.67. The van der Waals surface area contributed by atoms with Crippen molar-refractivity contribution in [3.8, 4) is 0 Å². The Morgan fingerprint density at radius 1 is 1.09 bits per heavy atom. The minimum absolute atomic E-state index is 0.0656. The van der Waals surface area contributed by atoms with Crippen molar-refractivity contribution in [1.29, 1.82) is 0 Å². The average molecular weight is 310 g/mol. The van der Waals surface area contributed by atoms with Gasteiger partial charge in [0.05, 0.1) is 6.21 Å². The first-order valence-electron chi connectivity index (χ1n) is 7.20. The number of nitrogens with one attached hydrogen (secondary N) is 2. The summed E-state index contributed by atoms with van der Waals surface area (Å²) >= 11 is 0. The number of carbonyl (C=O) groups is 2. The van der Waals surface area contributed by atoms with E-state index in [0.717, 1.165) is 5.56 Å². The van der Waals surface area contributed by atoms with Crippen molar-refractivity contribution in [2.75, 3.05) is 5.32 Å². The van der Waals surface area contributed by atoms with Gasteiger partial charge >= 0.3 is 0 Å². The zero-order valence-electron chi connectivity index (χ0n) is 13.0. The Bertz CT molecular complexity index is 694. The van der Waals surface area contributed by atoms with E-state index in [2.05, 4.69) is 20.8 Å². The molecule has 0 saturated heterocycles. The number of rotatable bonds is 5. The Morgan fingerprint density at radius 2 is 1.74 bits per heavy atom. The van der Waals surface area contributed by atoms with Crippen molar-refractivity contribution in [3.05, 3.63) is 59.9 Å². The Labute approximate surface area is 134 Å². The van der Waals surface area contributed by atoms with E-state index in [0.29, 0.717) is 11.3 Å². The highest BCUT2D eigenvalue weighted by Crippen LogP contribution is 2.11. The molecule has 23 heavy (non-hydrogen) atoms. The van der Waals surface area contributed by atoms with Gasteiger partial charge in [0.2, 0.25) is 5.91 Å². The van der Waals surface area contributed by atoms with Crippen molar-refractivity contribution >= 4 is 23.7 Å². The van der Waals surface area contributed by atoms with E-state index < -0.39 is 0 Å². The Balaban J connectivity index is 1.92. The van der Waals surface area contributed by atoms with Gasteiger partial charge in [-0.2, -0.15) is 5.10 Å². The Kier molecular flexibility index (Phi) is 5.57. The zero-order valence-corrected chi connectivity index (χ0v) is 13.0. The molecule has 0 fully saturated rings. The fraction of sp³-hybridized carbons (Fsp3) is 0.176. The zero-order chi connectivity index (χ0) is 16.7. The molecule has 0 radical (unpaired) electrons. The minimum Gasteiger partial charge on any atom is -0.326 e. The second-order valence-electron chi connectivity index (χ2n) is 5.20. The van der Waals surface area contributed by atoms with Gasteiger partial charge in [-0.05, 0) is 42.0 Å². The fourth-order valence-corrected chi connectivity index (χ4v) is 1.67. The lowest BCUT2D eigenvalue weighted by Gasteiger charge is -2.08. The molecule has 1 aromatic heterocycles. The molecule has 2 rings (SSSR count). The van der Waals surface area contributed by atoms with Crippen molar-refractivity contribution in [2.24, 2.45) is 11.0 Å². The molecule has 118 valence electrons. The van der Waals surface area contributed by atoms with Crippen LogP contribution in [0.15, 0.2) is 53.9 Å². The predicted molar refractivity (Wildman–Crippen MR) is 89.2 cm³/mol. The molecule has 0 saturated carbocycles. The molecular weight excluding hydrogens is 292 g/mol. The Morgan fingerprint density at radius 3 is 2.35 bits per heavy atom. The molecule has 1 heterocycles. The van der Waals surface area contributed by atoms with Gasteiger partial charge < -0.3 is 5.32 Å². The first-order chi connectivity index (χ1) is 11.1. The quantitative estimate of drug-likeness (QED) is 0.657. The van der Waals surface area contributed by atoms with Crippen LogP contribution in [0, 0.1) is 5.92 Å². The molecule has 0 spiro atoms. The van der Waals surface area contributed by atoms with Crippen molar-refractivity contribution in [2.45, 2.75) is 13.8 Å². The molecule has 2 N–H and O–H groups in total. The standard InChI is InChI=1S/C17H18N4O2/c1-12(2)16(22)20-15-5-3-14(4-6-15)17(23)21-19-11-13-7-9-18-10-8-13/h3-12H,1-2H3,(H,20,22)(H,21,23)/b19-11+. The molecule has 2 aromatic rings. The number of hydrogen-bond donors (Lipinski definition) is 2. The summed E-state index contributed by atoms with van der Waals surface area (Å²) < 4.78 is 0. The van der Waals surface area contributed by atoms with Gasteiger partial charge in [-0.15, -0.1) is 0 Å². The number of hydrogen-bond acceptors (Lipinski definition) is 4. The largest absolute Gasteiger partial charge is 0.326 e. The summed E-state index contributed by atoms with van der Waals surface area (Å²) in [6.45, 7) is 3.63. The van der Waals surface area contributed by atoms with Crippen LogP contribution in [0.25, 0.3) is 0 Å². The van der Waals surface area contributed by atoms with Crippen LogP contribution in [-0.2, 0) is 4.79 Å². The molecule has 0 aliphatic heterocycles. The lowest BCUT2D eigenvalue weighted by atomic mass is 10.1. The van der Waals surface area contributed by atoms with Gasteiger partial charge in [0.1, 0.15) is 0 Å². The molecule has 0 unspecified atom stereocenters. The van der Waals surface area contributed by atoms with E-state index in [1.807, 2.05) is 13.8 Å². The number of aromatic nitrogens is 1. The highest BCUT2D eigenvalue weighted by atomic mass is 16.2. The van der Waals surface area contributed by atoms with Crippen LogP contribution in [0.3, 0.4) is 0 Å². The van der Waals surface area contributed by atoms with Crippen molar-refractivity contribution in [3.63, 3.8) is 0 Å². The third kappa shape index (κ3) is 5.03. The molecule has 2 amide bonds. The summed E-state index contributed by atoms with van der Waals surface area (Å²) in [5.74, 6) is -0.485. The first kappa shape index (κ1) is 16.4. The number of amides is 2. The van der Waals surface area contributed by atoms with Gasteiger partial charge in [0.15, 0.2) is 0 Å². The number of nitrogens with zero attached hydrogens (tertiary/aromatic N) is 2. The highest BCUT2D eigenvalue weighted by molar-refractivity contribution is 5.96. The van der Waals surface area contributed by atoms with Gasteiger partial charge in [0, 0.05) is 29.6 Å². The smallest absolute Gasteiger partial charge is 0.271 e. The maximum atomic E-state index is 12.0.